The predicted molar refractivity (Wildman–Crippen MR) is 160 cm³/mol. The molecular weight excluding hydrogens is 556 g/mol. The van der Waals surface area contributed by atoms with E-state index in [-0.39, 0.29) is 35.4 Å². The Hall–Kier alpha value is -4.66. The predicted octanol–water partition coefficient (Wildman–Crippen LogP) is 6.49. The first-order chi connectivity index (χ1) is 20.3. The number of carboxylic acids is 1. The molecule has 4 aromatic carbocycles. The standard InChI is InChI=1S/C33H29ClN2O6/c1-20(41-18-21-9-3-2-4-10-21)30(31(37)35-29-17-22(34)15-16-27(29)32(38)39)36-33(40)42-19-28-25-13-7-5-11-23(25)24-12-6-8-14-26(24)28/h2-17,20,28,30H,18-19H2,1H3,(H,35,37)(H,36,40)(H,38,39). The minimum Gasteiger partial charge on any atom is -0.478 e. The van der Waals surface area contributed by atoms with Gasteiger partial charge >= 0.3 is 12.1 Å². The number of aromatic carboxylic acids is 1. The zero-order valence-electron chi connectivity index (χ0n) is 22.8. The zero-order chi connectivity index (χ0) is 29.6. The van der Waals surface area contributed by atoms with Crippen molar-refractivity contribution in [3.63, 3.8) is 0 Å². The number of rotatable bonds is 10. The van der Waals surface area contributed by atoms with Crippen LogP contribution in [0, 0.1) is 0 Å². The van der Waals surface area contributed by atoms with Crippen molar-refractivity contribution in [3.05, 3.63) is 124 Å². The maximum atomic E-state index is 13.5. The fourth-order valence-electron chi connectivity index (χ4n) is 5.08. The van der Waals surface area contributed by atoms with Crippen molar-refractivity contribution in [2.45, 2.75) is 31.6 Å². The molecule has 0 aliphatic heterocycles. The quantitative estimate of drug-likeness (QED) is 0.196. The lowest BCUT2D eigenvalue weighted by molar-refractivity contribution is -0.121. The Morgan fingerprint density at radius 3 is 2.14 bits per heavy atom. The molecule has 0 aromatic heterocycles. The second-order valence-electron chi connectivity index (χ2n) is 9.93. The minimum atomic E-state index is -1.24. The van der Waals surface area contributed by atoms with E-state index in [9.17, 15) is 19.5 Å². The Morgan fingerprint density at radius 1 is 0.881 bits per heavy atom. The summed E-state index contributed by atoms with van der Waals surface area (Å²) in [5, 5.41) is 15.0. The van der Waals surface area contributed by atoms with Crippen molar-refractivity contribution in [2.75, 3.05) is 11.9 Å². The van der Waals surface area contributed by atoms with Crippen LogP contribution in [-0.2, 0) is 20.9 Å². The third-order valence-corrected chi connectivity index (χ3v) is 7.43. The number of carbonyl (C=O) groups excluding carboxylic acids is 2. The Kier molecular flexibility index (Phi) is 8.85. The molecule has 2 amide bonds. The molecule has 0 saturated carbocycles. The van der Waals surface area contributed by atoms with E-state index < -0.39 is 30.1 Å². The monoisotopic (exact) mass is 584 g/mol. The first-order valence-corrected chi connectivity index (χ1v) is 13.8. The lowest BCUT2D eigenvalue weighted by Gasteiger charge is -2.25. The second kappa shape index (κ2) is 12.9. The van der Waals surface area contributed by atoms with Crippen LogP contribution in [-0.4, -0.2) is 41.8 Å². The highest BCUT2D eigenvalue weighted by molar-refractivity contribution is 6.31. The third-order valence-electron chi connectivity index (χ3n) is 7.19. The lowest BCUT2D eigenvalue weighted by Crippen LogP contribution is -2.51. The molecule has 0 spiro atoms. The minimum absolute atomic E-state index is 0.00500. The number of ether oxygens (including phenoxy) is 2. The number of halogens is 1. The van der Waals surface area contributed by atoms with Gasteiger partial charge in [0.05, 0.1) is 24.0 Å². The number of carbonyl (C=O) groups is 3. The summed E-state index contributed by atoms with van der Waals surface area (Å²) in [5.74, 6) is -2.09. The van der Waals surface area contributed by atoms with Crippen LogP contribution in [0.4, 0.5) is 10.5 Å². The molecule has 0 radical (unpaired) electrons. The fraction of sp³-hybridized carbons (Fsp3) is 0.182. The first-order valence-electron chi connectivity index (χ1n) is 13.4. The Morgan fingerprint density at radius 2 is 1.50 bits per heavy atom. The van der Waals surface area contributed by atoms with Crippen LogP contribution < -0.4 is 10.6 Å². The molecule has 0 fully saturated rings. The number of alkyl carbamates (subject to hydrolysis) is 1. The van der Waals surface area contributed by atoms with Crippen LogP contribution in [0.5, 0.6) is 0 Å². The molecule has 0 saturated heterocycles. The van der Waals surface area contributed by atoms with E-state index in [0.717, 1.165) is 27.8 Å². The van der Waals surface area contributed by atoms with Crippen molar-refractivity contribution < 1.29 is 29.0 Å². The van der Waals surface area contributed by atoms with Crippen molar-refractivity contribution in [1.29, 1.82) is 0 Å². The van der Waals surface area contributed by atoms with Gasteiger partial charge in [-0.25, -0.2) is 9.59 Å². The average Bonchev–Trinajstić information content (AvgIpc) is 3.31. The van der Waals surface area contributed by atoms with Crippen LogP contribution in [0.25, 0.3) is 11.1 Å². The van der Waals surface area contributed by atoms with Gasteiger partial charge in [0.15, 0.2) is 0 Å². The molecule has 214 valence electrons. The molecular formula is C33H29ClN2O6. The molecule has 4 aromatic rings. The number of benzene rings is 4. The van der Waals surface area contributed by atoms with Gasteiger partial charge in [-0.15, -0.1) is 0 Å². The Balaban J connectivity index is 1.32. The van der Waals surface area contributed by atoms with E-state index in [1.54, 1.807) is 6.92 Å². The van der Waals surface area contributed by atoms with Crippen LogP contribution in [0.3, 0.4) is 0 Å². The molecule has 1 aliphatic carbocycles. The van der Waals surface area contributed by atoms with Gasteiger partial charge in [0.1, 0.15) is 12.6 Å². The van der Waals surface area contributed by atoms with Gasteiger partial charge in [-0.05, 0) is 52.9 Å². The van der Waals surface area contributed by atoms with E-state index in [4.69, 9.17) is 21.1 Å². The molecule has 5 rings (SSSR count). The van der Waals surface area contributed by atoms with Crippen molar-refractivity contribution >= 4 is 35.3 Å². The summed E-state index contributed by atoms with van der Waals surface area (Å²) in [6.45, 7) is 1.90. The molecule has 0 heterocycles. The first kappa shape index (κ1) is 28.9. The normalized spacial score (nSPS) is 13.4. The van der Waals surface area contributed by atoms with Crippen LogP contribution in [0.1, 0.15) is 39.9 Å². The van der Waals surface area contributed by atoms with E-state index in [2.05, 4.69) is 10.6 Å². The van der Waals surface area contributed by atoms with Crippen molar-refractivity contribution in [1.82, 2.24) is 5.32 Å². The summed E-state index contributed by atoms with van der Waals surface area (Å²) >= 11 is 6.07. The molecule has 0 bridgehead atoms. The summed E-state index contributed by atoms with van der Waals surface area (Å²) in [4.78, 5) is 38.3. The summed E-state index contributed by atoms with van der Waals surface area (Å²) in [7, 11) is 0. The van der Waals surface area contributed by atoms with Gasteiger partial charge in [-0.1, -0.05) is 90.5 Å². The van der Waals surface area contributed by atoms with Crippen molar-refractivity contribution in [2.24, 2.45) is 0 Å². The average molecular weight is 585 g/mol. The molecule has 1 aliphatic rings. The Labute approximate surface area is 248 Å². The fourth-order valence-corrected chi connectivity index (χ4v) is 5.25. The molecule has 2 atom stereocenters. The van der Waals surface area contributed by atoms with E-state index in [1.165, 1.54) is 18.2 Å². The van der Waals surface area contributed by atoms with Gasteiger partial charge in [0, 0.05) is 10.9 Å². The van der Waals surface area contributed by atoms with Gasteiger partial charge in [0.25, 0.3) is 0 Å². The van der Waals surface area contributed by atoms with E-state index in [1.807, 2.05) is 78.9 Å². The SMILES string of the molecule is CC(OCc1ccccc1)C(NC(=O)OCC1c2ccccc2-c2ccccc21)C(=O)Nc1cc(Cl)ccc1C(=O)O. The van der Waals surface area contributed by atoms with E-state index in [0.29, 0.717) is 0 Å². The van der Waals surface area contributed by atoms with Gasteiger partial charge in [-0.2, -0.15) is 0 Å². The summed E-state index contributed by atoms with van der Waals surface area (Å²) < 4.78 is 11.6. The summed E-state index contributed by atoms with van der Waals surface area (Å²) in [6, 6.07) is 28.2. The Bertz CT molecular complexity index is 1560. The zero-order valence-corrected chi connectivity index (χ0v) is 23.5. The second-order valence-corrected chi connectivity index (χ2v) is 10.4. The lowest BCUT2D eigenvalue weighted by atomic mass is 9.98. The third kappa shape index (κ3) is 6.46. The molecule has 9 heteroatoms. The highest BCUT2D eigenvalue weighted by atomic mass is 35.5. The number of nitrogens with one attached hydrogen (secondary N) is 2. The maximum absolute atomic E-state index is 13.5. The largest absolute Gasteiger partial charge is 0.478 e. The number of hydrogen-bond donors (Lipinski definition) is 3. The van der Waals surface area contributed by atoms with Gasteiger partial charge < -0.3 is 25.2 Å². The van der Waals surface area contributed by atoms with Gasteiger partial charge in [-0.3, -0.25) is 4.79 Å². The number of amides is 2. The smallest absolute Gasteiger partial charge is 0.407 e. The van der Waals surface area contributed by atoms with E-state index >= 15 is 0 Å². The highest BCUT2D eigenvalue weighted by Gasteiger charge is 2.32. The van der Waals surface area contributed by atoms with Gasteiger partial charge in [0.2, 0.25) is 5.91 Å². The topological polar surface area (TPSA) is 114 Å². The summed E-state index contributed by atoms with van der Waals surface area (Å²) in [5.41, 5.74) is 5.04. The van der Waals surface area contributed by atoms with Crippen LogP contribution in [0.2, 0.25) is 5.02 Å². The van der Waals surface area contributed by atoms with Crippen LogP contribution in [0.15, 0.2) is 97.1 Å². The number of hydrogen-bond acceptors (Lipinski definition) is 5. The molecule has 42 heavy (non-hydrogen) atoms. The number of carboxylic acid groups (broad SMARTS) is 1. The molecule has 3 N–H and O–H groups in total. The summed E-state index contributed by atoms with van der Waals surface area (Å²) in [6.07, 6.45) is -1.62. The number of anilines is 1. The number of fused-ring (bicyclic) bond motifs is 3. The van der Waals surface area contributed by atoms with Crippen molar-refractivity contribution in [3.8, 4) is 11.1 Å². The molecule has 2 unspecified atom stereocenters. The molecule has 8 nitrogen and oxygen atoms in total. The highest BCUT2D eigenvalue weighted by Crippen LogP contribution is 2.44. The van der Waals surface area contributed by atoms with Crippen LogP contribution >= 0.6 is 11.6 Å². The maximum Gasteiger partial charge on any atom is 0.407 e.